The molecule has 1 aliphatic heterocycles. The molecule has 0 spiro atoms. The van der Waals surface area contributed by atoms with E-state index in [0.29, 0.717) is 30.3 Å². The highest BCUT2D eigenvalue weighted by Gasteiger charge is 2.36. The first-order chi connectivity index (χ1) is 11.3. The number of aryl methyl sites for hydroxylation is 2. The second-order valence-electron chi connectivity index (χ2n) is 5.65. The zero-order valence-electron chi connectivity index (χ0n) is 13.4. The van der Waals surface area contributed by atoms with Crippen LogP contribution in [0.2, 0.25) is 0 Å². The van der Waals surface area contributed by atoms with Gasteiger partial charge < -0.3 is 15.4 Å². The second kappa shape index (κ2) is 5.84. The van der Waals surface area contributed by atoms with Gasteiger partial charge in [-0.15, -0.1) is 0 Å². The van der Waals surface area contributed by atoms with Crippen molar-refractivity contribution in [3.05, 3.63) is 17.5 Å². The Labute approximate surface area is 136 Å². The average molecular weight is 342 g/mol. The first-order valence-corrected chi connectivity index (χ1v) is 7.40. The molecule has 3 rings (SSSR count). The summed E-state index contributed by atoms with van der Waals surface area (Å²) in [6.45, 7) is 3.86. The van der Waals surface area contributed by atoms with Crippen LogP contribution in [-0.2, 0) is 13.2 Å². The molecule has 24 heavy (non-hydrogen) atoms. The van der Waals surface area contributed by atoms with E-state index in [1.807, 2.05) is 0 Å². The van der Waals surface area contributed by atoms with Gasteiger partial charge in [0.25, 0.3) is 0 Å². The maximum atomic E-state index is 13.1. The first kappa shape index (κ1) is 16.3. The van der Waals surface area contributed by atoms with E-state index in [1.54, 1.807) is 25.6 Å². The van der Waals surface area contributed by atoms with Crippen molar-refractivity contribution >= 4 is 17.5 Å². The standard InChI is InChI=1S/C14H17F3N6O/c1-7-4-5-24-12-10(8(2)22-23(12)3)20-13-18-6-9(14(15,16)17)11(19-7)21-13/h6-7H,4-5H2,1-3H3,(H2,18,19,20,21)/t7-/m1/s1. The van der Waals surface area contributed by atoms with E-state index in [-0.39, 0.29) is 17.8 Å². The predicted molar refractivity (Wildman–Crippen MR) is 81.5 cm³/mol. The van der Waals surface area contributed by atoms with Crippen LogP contribution in [0, 0.1) is 6.92 Å². The third-order valence-corrected chi connectivity index (χ3v) is 3.67. The van der Waals surface area contributed by atoms with Crippen LogP contribution in [0.15, 0.2) is 6.20 Å². The highest BCUT2D eigenvalue weighted by molar-refractivity contribution is 5.64. The van der Waals surface area contributed by atoms with Gasteiger partial charge in [-0.3, -0.25) is 0 Å². The number of anilines is 3. The van der Waals surface area contributed by atoms with E-state index in [2.05, 4.69) is 25.7 Å². The lowest BCUT2D eigenvalue weighted by atomic mass is 10.2. The summed E-state index contributed by atoms with van der Waals surface area (Å²) < 4.78 is 46.7. The summed E-state index contributed by atoms with van der Waals surface area (Å²) in [5, 5.41) is 9.95. The van der Waals surface area contributed by atoms with E-state index >= 15 is 0 Å². The Kier molecular flexibility index (Phi) is 3.98. The maximum Gasteiger partial charge on any atom is 0.421 e. The summed E-state index contributed by atoms with van der Waals surface area (Å²) in [5.74, 6) is 0.282. The van der Waals surface area contributed by atoms with Crippen LogP contribution >= 0.6 is 0 Å². The molecule has 0 aliphatic carbocycles. The topological polar surface area (TPSA) is 76.9 Å². The van der Waals surface area contributed by atoms with E-state index in [0.717, 1.165) is 6.20 Å². The van der Waals surface area contributed by atoms with Gasteiger partial charge >= 0.3 is 6.18 Å². The number of hydrogen-bond acceptors (Lipinski definition) is 6. The number of hydrogen-bond donors (Lipinski definition) is 2. The van der Waals surface area contributed by atoms with E-state index in [4.69, 9.17) is 4.74 Å². The molecule has 0 amide bonds. The van der Waals surface area contributed by atoms with Gasteiger partial charge in [-0.2, -0.15) is 23.3 Å². The quantitative estimate of drug-likeness (QED) is 0.767. The van der Waals surface area contributed by atoms with Gasteiger partial charge in [0.2, 0.25) is 11.8 Å². The predicted octanol–water partition coefficient (Wildman–Crippen LogP) is 2.86. The van der Waals surface area contributed by atoms with Gasteiger partial charge in [0, 0.05) is 25.7 Å². The molecule has 0 aromatic carbocycles. The van der Waals surface area contributed by atoms with E-state index in [1.165, 1.54) is 0 Å². The van der Waals surface area contributed by atoms with Crippen molar-refractivity contribution in [1.29, 1.82) is 0 Å². The second-order valence-corrected chi connectivity index (χ2v) is 5.65. The van der Waals surface area contributed by atoms with Gasteiger partial charge in [-0.05, 0) is 13.8 Å². The molecule has 1 atom stereocenters. The number of aromatic nitrogens is 4. The number of alkyl halides is 3. The fraction of sp³-hybridized carbons (Fsp3) is 0.500. The van der Waals surface area contributed by atoms with Crippen LogP contribution in [0.4, 0.5) is 30.6 Å². The van der Waals surface area contributed by atoms with Gasteiger partial charge in [-0.1, -0.05) is 0 Å². The van der Waals surface area contributed by atoms with Crippen molar-refractivity contribution < 1.29 is 17.9 Å². The van der Waals surface area contributed by atoms with Gasteiger partial charge in [0.05, 0.1) is 12.3 Å². The molecule has 130 valence electrons. The molecule has 0 saturated carbocycles. The lowest BCUT2D eigenvalue weighted by Crippen LogP contribution is -2.22. The Hall–Kier alpha value is -2.52. The Bertz CT molecular complexity index is 758. The molecular weight excluding hydrogens is 325 g/mol. The molecule has 1 aliphatic rings. The van der Waals surface area contributed by atoms with Crippen LogP contribution < -0.4 is 15.4 Å². The summed E-state index contributed by atoms with van der Waals surface area (Å²) in [5.41, 5.74) is 0.277. The van der Waals surface area contributed by atoms with Crippen LogP contribution in [0.25, 0.3) is 0 Å². The molecule has 0 radical (unpaired) electrons. The first-order valence-electron chi connectivity index (χ1n) is 7.40. The summed E-state index contributed by atoms with van der Waals surface area (Å²) in [6, 6.07) is -0.260. The number of ether oxygens (including phenoxy) is 1. The van der Waals surface area contributed by atoms with E-state index < -0.39 is 11.7 Å². The molecule has 10 heteroatoms. The zero-order valence-corrected chi connectivity index (χ0v) is 13.4. The van der Waals surface area contributed by atoms with Crippen LogP contribution in [0.3, 0.4) is 0 Å². The Morgan fingerprint density at radius 1 is 1.38 bits per heavy atom. The van der Waals surface area contributed by atoms with Crippen molar-refractivity contribution in [2.24, 2.45) is 7.05 Å². The van der Waals surface area contributed by atoms with E-state index in [9.17, 15) is 13.2 Å². The Morgan fingerprint density at radius 3 is 2.83 bits per heavy atom. The molecule has 0 fully saturated rings. The number of halogens is 3. The Morgan fingerprint density at radius 2 is 2.12 bits per heavy atom. The summed E-state index contributed by atoms with van der Waals surface area (Å²) in [7, 11) is 1.73. The number of nitrogens with zero attached hydrogens (tertiary/aromatic N) is 4. The fourth-order valence-electron chi connectivity index (χ4n) is 2.46. The largest absolute Gasteiger partial charge is 0.476 e. The summed E-state index contributed by atoms with van der Waals surface area (Å²) in [4.78, 5) is 7.78. The maximum absolute atomic E-state index is 13.1. The van der Waals surface area contributed by atoms with Crippen LogP contribution in [-0.4, -0.2) is 32.4 Å². The molecule has 0 unspecified atom stereocenters. The molecule has 2 aromatic heterocycles. The highest BCUT2D eigenvalue weighted by Crippen LogP contribution is 2.36. The minimum absolute atomic E-state index is 0.0422. The number of nitrogens with one attached hydrogen (secondary N) is 2. The smallest absolute Gasteiger partial charge is 0.421 e. The van der Waals surface area contributed by atoms with Crippen molar-refractivity contribution in [1.82, 2.24) is 19.7 Å². The summed E-state index contributed by atoms with van der Waals surface area (Å²) in [6.07, 6.45) is -3.26. The number of rotatable bonds is 0. The zero-order chi connectivity index (χ0) is 17.5. The lowest BCUT2D eigenvalue weighted by Gasteiger charge is -2.18. The number of fused-ring (bicyclic) bond motifs is 3. The van der Waals surface area contributed by atoms with Crippen LogP contribution in [0.1, 0.15) is 24.6 Å². The monoisotopic (exact) mass is 342 g/mol. The molecule has 2 N–H and O–H groups in total. The molecular formula is C14H17F3N6O. The summed E-state index contributed by atoms with van der Waals surface area (Å²) >= 11 is 0. The van der Waals surface area contributed by atoms with Gasteiger partial charge in [0.1, 0.15) is 17.1 Å². The molecule has 3 heterocycles. The fourth-order valence-corrected chi connectivity index (χ4v) is 2.46. The molecule has 2 bridgehead atoms. The van der Waals surface area contributed by atoms with Gasteiger partial charge in [0.15, 0.2) is 0 Å². The van der Waals surface area contributed by atoms with Crippen molar-refractivity contribution in [2.45, 2.75) is 32.5 Å². The van der Waals surface area contributed by atoms with Gasteiger partial charge in [-0.25, -0.2) is 9.67 Å². The average Bonchev–Trinajstić information content (AvgIpc) is 2.72. The molecule has 2 aromatic rings. The van der Waals surface area contributed by atoms with Crippen molar-refractivity contribution in [3.8, 4) is 5.88 Å². The highest BCUT2D eigenvalue weighted by atomic mass is 19.4. The minimum Gasteiger partial charge on any atom is -0.476 e. The third-order valence-electron chi connectivity index (χ3n) is 3.67. The van der Waals surface area contributed by atoms with Crippen molar-refractivity contribution in [3.63, 3.8) is 0 Å². The Balaban J connectivity index is 2.08. The lowest BCUT2D eigenvalue weighted by molar-refractivity contribution is -0.137. The third kappa shape index (κ3) is 3.08. The normalized spacial score (nSPS) is 17.8. The minimum atomic E-state index is -4.54. The van der Waals surface area contributed by atoms with Crippen LogP contribution in [0.5, 0.6) is 5.88 Å². The molecule has 0 saturated heterocycles. The van der Waals surface area contributed by atoms with Crippen molar-refractivity contribution in [2.75, 3.05) is 17.2 Å². The molecule has 7 nitrogen and oxygen atoms in total. The SMILES string of the molecule is Cc1nn(C)c2c1Nc1ncc(C(F)(F)F)c(n1)N[C@H](C)CCO2.